The van der Waals surface area contributed by atoms with Crippen molar-refractivity contribution in [1.82, 2.24) is 10.2 Å². The van der Waals surface area contributed by atoms with Crippen molar-refractivity contribution in [3.63, 3.8) is 0 Å². The molecule has 0 spiro atoms. The Balaban J connectivity index is 0.00000196. The van der Waals surface area contributed by atoms with Gasteiger partial charge in [0.2, 0.25) is 5.91 Å². The van der Waals surface area contributed by atoms with Crippen molar-refractivity contribution in [1.29, 1.82) is 0 Å². The molecule has 0 aromatic rings. The molecule has 0 radical (unpaired) electrons. The number of piperidine rings is 1. The molecule has 4 bridgehead atoms. The molecule has 5 aliphatic rings. The number of carbonyl (C=O) groups excluding carboxylic acids is 1. The quantitative estimate of drug-likeness (QED) is 0.780. The molecule has 5 rings (SSSR count). The Morgan fingerprint density at radius 1 is 1.04 bits per heavy atom. The molecule has 0 aromatic carbocycles. The number of carbonyl (C=O) groups is 1. The van der Waals surface area contributed by atoms with Crippen LogP contribution in [0, 0.1) is 23.2 Å². The lowest BCUT2D eigenvalue weighted by Crippen LogP contribution is -2.60. The number of nitrogens with one attached hydrogen (secondary N) is 1. The molecule has 1 aliphatic heterocycles. The smallest absolute Gasteiger partial charge is 0.243 e. The van der Waals surface area contributed by atoms with Gasteiger partial charge in [0.05, 0.1) is 0 Å². The van der Waals surface area contributed by atoms with E-state index in [-0.39, 0.29) is 23.7 Å². The zero-order valence-corrected chi connectivity index (χ0v) is 17.6. The molecule has 5 nitrogen and oxygen atoms in total. The lowest BCUT2D eigenvalue weighted by molar-refractivity contribution is -0.138. The summed E-state index contributed by atoms with van der Waals surface area (Å²) in [7, 11) is -1.59. The highest BCUT2D eigenvalue weighted by molar-refractivity contribution is 7.92. The molecular weight excluding hydrogens is 372 g/mol. The fourth-order valence-corrected chi connectivity index (χ4v) is 8.40. The Kier molecular flexibility index (Phi) is 5.44. The van der Waals surface area contributed by atoms with E-state index in [2.05, 4.69) is 5.32 Å². The number of hydrogen-bond acceptors (Lipinski definition) is 4. The lowest BCUT2D eigenvalue weighted by Gasteiger charge is -2.58. The van der Waals surface area contributed by atoms with Crippen LogP contribution in [0.1, 0.15) is 51.4 Å². The van der Waals surface area contributed by atoms with E-state index in [0.29, 0.717) is 25.9 Å². The molecule has 4 aliphatic carbocycles. The van der Waals surface area contributed by atoms with E-state index in [1.165, 1.54) is 44.8 Å². The van der Waals surface area contributed by atoms with Gasteiger partial charge in [-0.15, -0.1) is 12.4 Å². The van der Waals surface area contributed by atoms with Gasteiger partial charge in [-0.3, -0.25) is 4.79 Å². The van der Waals surface area contributed by atoms with Gasteiger partial charge in [-0.2, -0.15) is 0 Å². The monoisotopic (exact) mass is 404 g/mol. The van der Waals surface area contributed by atoms with Gasteiger partial charge >= 0.3 is 0 Å². The van der Waals surface area contributed by atoms with Crippen molar-refractivity contribution in [3.8, 4) is 0 Å². The molecule has 0 atom stereocenters. The van der Waals surface area contributed by atoms with Crippen LogP contribution in [0.5, 0.6) is 0 Å². The van der Waals surface area contributed by atoms with E-state index < -0.39 is 14.6 Å². The molecule has 150 valence electrons. The SMILES string of the molecule is CN(CC12CC3CC(CC(C3)C1)C2)C(=O)C1(S(C)(=O)=O)CCNCC1.Cl. The van der Waals surface area contributed by atoms with Crippen LogP contribution in [0.25, 0.3) is 0 Å². The van der Waals surface area contributed by atoms with Crippen molar-refractivity contribution >= 4 is 28.2 Å². The molecule has 0 unspecified atom stereocenters. The van der Waals surface area contributed by atoms with Gasteiger partial charge in [0.1, 0.15) is 0 Å². The number of hydrogen-bond donors (Lipinski definition) is 1. The Morgan fingerprint density at radius 2 is 1.50 bits per heavy atom. The van der Waals surface area contributed by atoms with Crippen LogP contribution in [-0.2, 0) is 14.6 Å². The summed E-state index contributed by atoms with van der Waals surface area (Å²) in [5.41, 5.74) is 0.255. The first-order valence-corrected chi connectivity index (χ1v) is 11.8. The third-order valence-electron chi connectivity index (χ3n) is 7.60. The maximum Gasteiger partial charge on any atom is 0.243 e. The molecule has 1 saturated heterocycles. The Bertz CT molecular complexity index is 622. The standard InChI is InChI=1S/C19H32N2O3S.ClH/c1-21(17(22)19(25(2,23)24)3-5-20-6-4-19)13-18-10-14-7-15(11-18)9-16(8-14)12-18;/h14-16,20H,3-13H2,1-2H3;1H. The van der Waals surface area contributed by atoms with Gasteiger partial charge in [-0.05, 0) is 87.6 Å². The van der Waals surface area contributed by atoms with E-state index in [9.17, 15) is 13.2 Å². The second kappa shape index (κ2) is 6.93. The third kappa shape index (κ3) is 3.30. The number of halogens is 1. The fraction of sp³-hybridized carbons (Fsp3) is 0.947. The minimum absolute atomic E-state index is 0. The molecule has 1 amide bonds. The number of sulfone groups is 1. The van der Waals surface area contributed by atoms with E-state index >= 15 is 0 Å². The maximum atomic E-state index is 13.3. The average molecular weight is 405 g/mol. The molecular formula is C19H33ClN2O3S. The number of nitrogens with zero attached hydrogens (tertiary/aromatic N) is 1. The first-order chi connectivity index (χ1) is 11.7. The lowest BCUT2D eigenvalue weighted by atomic mass is 9.49. The summed E-state index contributed by atoms with van der Waals surface area (Å²) in [6.07, 6.45) is 9.92. The van der Waals surface area contributed by atoms with Gasteiger partial charge < -0.3 is 10.2 Å². The summed E-state index contributed by atoms with van der Waals surface area (Å²) in [4.78, 5) is 15.1. The summed E-state index contributed by atoms with van der Waals surface area (Å²) >= 11 is 0. The van der Waals surface area contributed by atoms with Crippen molar-refractivity contribution in [2.75, 3.05) is 32.9 Å². The highest BCUT2D eigenvalue weighted by Gasteiger charge is 2.54. The summed E-state index contributed by atoms with van der Waals surface area (Å²) in [5, 5.41) is 3.20. The highest BCUT2D eigenvalue weighted by atomic mass is 35.5. The average Bonchev–Trinajstić information content (AvgIpc) is 2.52. The topological polar surface area (TPSA) is 66.5 Å². The van der Waals surface area contributed by atoms with E-state index in [4.69, 9.17) is 0 Å². The van der Waals surface area contributed by atoms with E-state index in [0.717, 1.165) is 24.3 Å². The van der Waals surface area contributed by atoms with Gasteiger partial charge in [-0.25, -0.2) is 8.42 Å². The fourth-order valence-electron chi connectivity index (χ4n) is 6.98. The van der Waals surface area contributed by atoms with E-state index in [1.807, 2.05) is 7.05 Å². The van der Waals surface area contributed by atoms with E-state index in [1.54, 1.807) is 4.90 Å². The Labute approximate surface area is 164 Å². The van der Waals surface area contributed by atoms with Crippen LogP contribution in [0.2, 0.25) is 0 Å². The van der Waals surface area contributed by atoms with Crippen LogP contribution in [0.4, 0.5) is 0 Å². The molecule has 1 heterocycles. The minimum Gasteiger partial charge on any atom is -0.344 e. The molecule has 0 aromatic heterocycles. The van der Waals surface area contributed by atoms with Gasteiger partial charge in [-0.1, -0.05) is 0 Å². The predicted octanol–water partition coefficient (Wildman–Crippen LogP) is 2.25. The first kappa shape index (κ1) is 20.4. The van der Waals surface area contributed by atoms with Crippen LogP contribution in [-0.4, -0.2) is 56.9 Å². The Morgan fingerprint density at radius 3 is 1.92 bits per heavy atom. The molecule has 4 saturated carbocycles. The first-order valence-electron chi connectivity index (χ1n) is 9.89. The zero-order chi connectivity index (χ0) is 17.9. The molecule has 26 heavy (non-hydrogen) atoms. The molecule has 7 heteroatoms. The largest absolute Gasteiger partial charge is 0.344 e. The zero-order valence-electron chi connectivity index (χ0n) is 16.0. The Hall–Kier alpha value is -0.330. The second-order valence-electron chi connectivity index (χ2n) is 9.60. The van der Waals surface area contributed by atoms with Crippen molar-refractivity contribution in [2.45, 2.75) is 56.1 Å². The highest BCUT2D eigenvalue weighted by Crippen LogP contribution is 2.60. The van der Waals surface area contributed by atoms with Gasteiger partial charge in [0.25, 0.3) is 0 Å². The summed E-state index contributed by atoms with van der Waals surface area (Å²) in [5.74, 6) is 2.37. The predicted molar refractivity (Wildman–Crippen MR) is 105 cm³/mol. The summed E-state index contributed by atoms with van der Waals surface area (Å²) < 4.78 is 23.9. The van der Waals surface area contributed by atoms with Crippen molar-refractivity contribution < 1.29 is 13.2 Å². The molecule has 1 N–H and O–H groups in total. The van der Waals surface area contributed by atoms with Crippen LogP contribution < -0.4 is 5.32 Å². The normalized spacial score (nSPS) is 37.8. The second-order valence-corrected chi connectivity index (χ2v) is 11.9. The maximum absolute atomic E-state index is 13.3. The third-order valence-corrected chi connectivity index (χ3v) is 9.60. The summed E-state index contributed by atoms with van der Waals surface area (Å²) in [6.45, 7) is 1.95. The van der Waals surface area contributed by atoms with Gasteiger partial charge in [0.15, 0.2) is 14.6 Å². The minimum atomic E-state index is -3.43. The van der Waals surface area contributed by atoms with Crippen LogP contribution in [0.3, 0.4) is 0 Å². The van der Waals surface area contributed by atoms with Gasteiger partial charge in [0, 0.05) is 19.8 Å². The number of amides is 1. The summed E-state index contributed by atoms with van der Waals surface area (Å²) in [6, 6.07) is 0. The van der Waals surface area contributed by atoms with Crippen molar-refractivity contribution in [3.05, 3.63) is 0 Å². The van der Waals surface area contributed by atoms with Crippen LogP contribution in [0.15, 0.2) is 0 Å². The van der Waals surface area contributed by atoms with Crippen LogP contribution >= 0.6 is 12.4 Å². The van der Waals surface area contributed by atoms with Crippen molar-refractivity contribution in [2.24, 2.45) is 23.2 Å². The molecule has 5 fully saturated rings. The number of rotatable bonds is 4.